The first-order chi connectivity index (χ1) is 12.5. The van der Waals surface area contributed by atoms with E-state index >= 15 is 0 Å². The largest absolute Gasteiger partial charge is 0.352 e. The highest BCUT2D eigenvalue weighted by Crippen LogP contribution is 2.35. The van der Waals surface area contributed by atoms with Gasteiger partial charge in [-0.15, -0.1) is 25.3 Å². The molecule has 0 aliphatic carbocycles. The Hall–Kier alpha value is -1.86. The van der Waals surface area contributed by atoms with Crippen molar-refractivity contribution in [2.45, 2.75) is 9.79 Å². The Kier molecular flexibility index (Phi) is 3.66. The van der Waals surface area contributed by atoms with Crippen LogP contribution in [0.3, 0.4) is 0 Å². The van der Waals surface area contributed by atoms with E-state index in [1.807, 2.05) is 36.4 Å². The second-order valence-corrected chi connectivity index (χ2v) is 8.21. The Labute approximate surface area is 170 Å². The minimum absolute atomic E-state index is 0.815. The Morgan fingerprint density at radius 2 is 1.00 bits per heavy atom. The first-order valence-corrected chi connectivity index (χ1v) is 9.70. The summed E-state index contributed by atoms with van der Waals surface area (Å²) < 4.78 is 1.63. The van der Waals surface area contributed by atoms with Crippen LogP contribution in [0.15, 0.2) is 58.3 Å². The molecular weight excluding hydrogens is 397 g/mol. The highest BCUT2D eigenvalue weighted by atomic mass is 32.1. The summed E-state index contributed by atoms with van der Waals surface area (Å²) in [5, 5.41) is 4.42. The number of H-pyrrole nitrogens is 2. The SMILES string of the molecule is S=c1ccc2c(c1)c1cc(=S)ccc1c1[nH]c3cc(S)c(S)cc3[nH]c21. The van der Waals surface area contributed by atoms with Crippen LogP contribution in [-0.4, -0.2) is 9.97 Å². The molecule has 0 bridgehead atoms. The van der Waals surface area contributed by atoms with Gasteiger partial charge in [0.25, 0.3) is 0 Å². The number of fused-ring (bicyclic) bond motifs is 7. The van der Waals surface area contributed by atoms with Gasteiger partial charge in [-0.3, -0.25) is 0 Å². The van der Waals surface area contributed by atoms with E-state index in [-0.39, 0.29) is 0 Å². The average molecular weight is 409 g/mol. The highest BCUT2D eigenvalue weighted by molar-refractivity contribution is 7.83. The van der Waals surface area contributed by atoms with Gasteiger partial charge in [-0.25, -0.2) is 0 Å². The molecule has 5 aromatic rings. The van der Waals surface area contributed by atoms with Gasteiger partial charge >= 0.3 is 0 Å². The third-order valence-corrected chi connectivity index (χ3v) is 6.12. The lowest BCUT2D eigenvalue weighted by molar-refractivity contribution is 1.26. The lowest BCUT2D eigenvalue weighted by atomic mass is 9.99. The maximum absolute atomic E-state index is 5.40. The van der Waals surface area contributed by atoms with Crippen LogP contribution in [0.4, 0.5) is 0 Å². The third-order valence-electron chi connectivity index (χ3n) is 4.69. The first kappa shape index (κ1) is 16.3. The molecule has 0 radical (unpaired) electrons. The Balaban J connectivity index is 2.13. The molecule has 0 atom stereocenters. The Morgan fingerprint density at radius 1 is 0.577 bits per heavy atom. The number of aromatic amines is 2. The Bertz CT molecular complexity index is 1380. The summed E-state index contributed by atoms with van der Waals surface area (Å²) in [7, 11) is 0. The molecule has 0 saturated heterocycles. The number of aromatic nitrogens is 2. The summed E-state index contributed by atoms with van der Waals surface area (Å²) in [6, 6.07) is 16.1. The number of thiol groups is 2. The lowest BCUT2D eigenvalue weighted by Crippen LogP contribution is -1.92. The van der Waals surface area contributed by atoms with Crippen LogP contribution < -0.4 is 0 Å². The number of benzene rings is 4. The molecule has 2 nitrogen and oxygen atoms in total. The molecule has 0 saturated carbocycles. The van der Waals surface area contributed by atoms with Crippen molar-refractivity contribution in [3.63, 3.8) is 0 Å². The van der Waals surface area contributed by atoms with Crippen molar-refractivity contribution in [1.82, 2.24) is 9.97 Å². The summed E-state index contributed by atoms with van der Waals surface area (Å²) >= 11 is 19.8. The van der Waals surface area contributed by atoms with Crippen molar-refractivity contribution in [2.75, 3.05) is 0 Å². The summed E-state index contributed by atoms with van der Waals surface area (Å²) in [5.74, 6) is 0. The minimum Gasteiger partial charge on any atom is -0.352 e. The predicted molar refractivity (Wildman–Crippen MR) is 121 cm³/mol. The molecule has 0 unspecified atom stereocenters. The minimum atomic E-state index is 0.815. The molecule has 26 heavy (non-hydrogen) atoms. The van der Waals surface area contributed by atoms with Crippen LogP contribution >= 0.6 is 49.7 Å². The first-order valence-electron chi connectivity index (χ1n) is 7.99. The van der Waals surface area contributed by atoms with Crippen LogP contribution in [-0.2, 0) is 0 Å². The molecule has 0 spiro atoms. The maximum atomic E-state index is 5.40. The van der Waals surface area contributed by atoms with Crippen LogP contribution in [0.25, 0.3) is 43.6 Å². The van der Waals surface area contributed by atoms with E-state index in [1.54, 1.807) is 0 Å². The van der Waals surface area contributed by atoms with Crippen molar-refractivity contribution in [1.29, 1.82) is 0 Å². The topological polar surface area (TPSA) is 31.6 Å². The quantitative estimate of drug-likeness (QED) is 0.0963. The van der Waals surface area contributed by atoms with Gasteiger partial charge in [0.1, 0.15) is 0 Å². The zero-order valence-corrected chi connectivity index (χ0v) is 16.8. The molecule has 5 rings (SSSR count). The average Bonchev–Trinajstić information content (AvgIpc) is 2.61. The smallest absolute Gasteiger partial charge is 0.0710 e. The van der Waals surface area contributed by atoms with Gasteiger partial charge < -0.3 is 9.97 Å². The van der Waals surface area contributed by atoms with E-state index in [9.17, 15) is 0 Å². The normalized spacial score (nSPS) is 11.8. The Morgan fingerprint density at radius 3 is 1.42 bits per heavy atom. The van der Waals surface area contributed by atoms with Gasteiger partial charge in [0.05, 0.1) is 22.1 Å². The zero-order chi connectivity index (χ0) is 18.0. The summed E-state index contributed by atoms with van der Waals surface area (Å²) in [4.78, 5) is 8.81. The van der Waals surface area contributed by atoms with Crippen molar-refractivity contribution in [3.8, 4) is 0 Å². The molecule has 1 aromatic heterocycles. The number of hydrogen-bond acceptors (Lipinski definition) is 4. The van der Waals surface area contributed by atoms with E-state index in [2.05, 4.69) is 47.4 Å². The number of hydrogen-bond donors (Lipinski definition) is 4. The van der Waals surface area contributed by atoms with Gasteiger partial charge in [0.2, 0.25) is 0 Å². The maximum Gasteiger partial charge on any atom is 0.0710 e. The molecule has 0 aliphatic heterocycles. The fourth-order valence-corrected chi connectivity index (χ4v) is 4.27. The van der Waals surface area contributed by atoms with E-state index in [1.165, 1.54) is 0 Å². The molecule has 126 valence electrons. The molecule has 0 aliphatic rings. The number of nitrogens with one attached hydrogen (secondary N) is 2. The zero-order valence-electron chi connectivity index (χ0n) is 13.3. The predicted octanol–water partition coefficient (Wildman–Crippen LogP) is 6.99. The second kappa shape index (κ2) is 5.82. The van der Waals surface area contributed by atoms with Crippen molar-refractivity contribution in [3.05, 3.63) is 57.6 Å². The molecule has 4 aromatic carbocycles. The van der Waals surface area contributed by atoms with Crippen LogP contribution in [0.1, 0.15) is 0 Å². The van der Waals surface area contributed by atoms with E-state index < -0.39 is 0 Å². The van der Waals surface area contributed by atoms with E-state index in [4.69, 9.17) is 24.4 Å². The summed E-state index contributed by atoms with van der Waals surface area (Å²) in [6.45, 7) is 0. The van der Waals surface area contributed by atoms with E-state index in [0.717, 1.165) is 62.4 Å². The summed E-state index contributed by atoms with van der Waals surface area (Å²) in [6.07, 6.45) is 0. The third kappa shape index (κ3) is 2.41. The fourth-order valence-electron chi connectivity index (χ4n) is 3.51. The molecular formula is C20H12N2S4. The molecule has 0 fully saturated rings. The highest BCUT2D eigenvalue weighted by Gasteiger charge is 2.11. The van der Waals surface area contributed by atoms with Gasteiger partial charge in [0, 0.05) is 29.6 Å². The van der Waals surface area contributed by atoms with E-state index in [0.29, 0.717) is 0 Å². The van der Waals surface area contributed by atoms with Crippen LogP contribution in [0.2, 0.25) is 0 Å². The standard InChI is InChI=1S/C20H12N2S4/c23-9-1-3-11-13(5-9)14-6-10(24)2-4-12(14)20-19(11)21-15-7-17(25)18(26)8-16(15)22-20/h1-8,21-22,25-26H. The fraction of sp³-hybridized carbons (Fsp3) is 0. The van der Waals surface area contributed by atoms with Gasteiger partial charge in [-0.05, 0) is 47.2 Å². The molecule has 2 N–H and O–H groups in total. The summed E-state index contributed by atoms with van der Waals surface area (Å²) in [5.41, 5.74) is 4.02. The van der Waals surface area contributed by atoms with Crippen molar-refractivity contribution < 1.29 is 0 Å². The number of rotatable bonds is 0. The van der Waals surface area contributed by atoms with Crippen LogP contribution in [0.5, 0.6) is 0 Å². The van der Waals surface area contributed by atoms with Crippen molar-refractivity contribution >= 4 is 93.3 Å². The van der Waals surface area contributed by atoms with Gasteiger partial charge in [-0.1, -0.05) is 36.6 Å². The molecule has 0 amide bonds. The molecule has 6 heteroatoms. The monoisotopic (exact) mass is 408 g/mol. The molecule has 1 heterocycles. The second-order valence-electron chi connectivity index (χ2n) is 6.30. The van der Waals surface area contributed by atoms with Gasteiger partial charge in [-0.2, -0.15) is 0 Å². The van der Waals surface area contributed by atoms with Gasteiger partial charge in [0.15, 0.2) is 0 Å². The lowest BCUT2D eigenvalue weighted by Gasteiger charge is -2.13. The van der Waals surface area contributed by atoms with Crippen LogP contribution in [0, 0.1) is 9.02 Å². The van der Waals surface area contributed by atoms with Crippen molar-refractivity contribution in [2.24, 2.45) is 0 Å².